The van der Waals surface area contributed by atoms with Crippen LogP contribution in [0.3, 0.4) is 0 Å². The molecule has 0 saturated carbocycles. The van der Waals surface area contributed by atoms with Crippen molar-refractivity contribution in [1.29, 1.82) is 0 Å². The molecular formula is C25H28N2. The van der Waals surface area contributed by atoms with Gasteiger partial charge in [-0.1, -0.05) is 65.0 Å². The number of pyridine rings is 2. The zero-order valence-corrected chi connectivity index (χ0v) is 16.9. The summed E-state index contributed by atoms with van der Waals surface area (Å²) in [5, 5.41) is 2.50. The number of nitrogens with zero attached hydrogens (tertiary/aromatic N) is 2. The Hall–Kier alpha value is -2.74. The van der Waals surface area contributed by atoms with Crippen LogP contribution in [0.5, 0.6) is 0 Å². The minimum absolute atomic E-state index is 0.212. The van der Waals surface area contributed by atoms with Gasteiger partial charge in [-0.05, 0) is 52.8 Å². The summed E-state index contributed by atoms with van der Waals surface area (Å²) >= 11 is 0. The minimum atomic E-state index is 0.212. The fraction of sp³-hybridized carbons (Fsp3) is 0.280. The maximum absolute atomic E-state index is 4.32. The van der Waals surface area contributed by atoms with E-state index in [1.807, 2.05) is 24.5 Å². The van der Waals surface area contributed by atoms with Crippen LogP contribution in [-0.2, 0) is 5.41 Å². The van der Waals surface area contributed by atoms with E-state index in [0.717, 1.165) is 11.0 Å². The van der Waals surface area contributed by atoms with Gasteiger partial charge in [0.15, 0.2) is 0 Å². The molecule has 0 saturated heterocycles. The Bertz CT molecular complexity index is 1040. The van der Waals surface area contributed by atoms with Crippen molar-refractivity contribution >= 4 is 21.8 Å². The highest BCUT2D eigenvalue weighted by molar-refractivity contribution is 5.82. The number of aromatic nitrogens is 2. The van der Waals surface area contributed by atoms with Crippen molar-refractivity contribution in [3.05, 3.63) is 84.2 Å². The first-order chi connectivity index (χ1) is 12.9. The summed E-state index contributed by atoms with van der Waals surface area (Å²) in [7, 11) is 0. The summed E-state index contributed by atoms with van der Waals surface area (Å²) in [5.74, 6) is 0.563. The third-order valence-corrected chi connectivity index (χ3v) is 4.77. The van der Waals surface area contributed by atoms with Crippen molar-refractivity contribution in [3.63, 3.8) is 0 Å². The number of hydrogen-bond donors (Lipinski definition) is 0. The second-order valence-electron chi connectivity index (χ2n) is 8.23. The van der Waals surface area contributed by atoms with Gasteiger partial charge >= 0.3 is 0 Å². The van der Waals surface area contributed by atoms with Crippen LogP contribution in [0.4, 0.5) is 0 Å². The Kier molecular flexibility index (Phi) is 5.55. The van der Waals surface area contributed by atoms with Crippen LogP contribution >= 0.6 is 0 Å². The second-order valence-corrected chi connectivity index (χ2v) is 8.23. The zero-order chi connectivity index (χ0) is 19.4. The molecule has 4 aromatic rings. The molecule has 0 aliphatic carbocycles. The lowest BCUT2D eigenvalue weighted by molar-refractivity contribution is 0.591. The van der Waals surface area contributed by atoms with E-state index in [2.05, 4.69) is 93.1 Å². The summed E-state index contributed by atoms with van der Waals surface area (Å²) in [4.78, 5) is 8.63. The number of benzene rings is 2. The summed E-state index contributed by atoms with van der Waals surface area (Å²) in [6.07, 6.45) is 3.67. The van der Waals surface area contributed by atoms with E-state index in [4.69, 9.17) is 0 Å². The Morgan fingerprint density at radius 3 is 2.15 bits per heavy atom. The van der Waals surface area contributed by atoms with Crippen molar-refractivity contribution in [2.75, 3.05) is 0 Å². The average Bonchev–Trinajstić information content (AvgIpc) is 2.67. The van der Waals surface area contributed by atoms with Gasteiger partial charge in [0.25, 0.3) is 0 Å². The number of hydrogen-bond acceptors (Lipinski definition) is 2. The molecule has 2 aromatic carbocycles. The molecule has 0 fully saturated rings. The summed E-state index contributed by atoms with van der Waals surface area (Å²) < 4.78 is 0. The first kappa shape index (κ1) is 19.0. The van der Waals surface area contributed by atoms with Gasteiger partial charge in [-0.15, -0.1) is 0 Å². The highest BCUT2D eigenvalue weighted by Gasteiger charge is 2.13. The average molecular weight is 357 g/mol. The first-order valence-corrected chi connectivity index (χ1v) is 9.55. The standard InChI is InChI=1S/C13H15N.C12H13N/c1-13(2,3)11-6-7-12-10(9-11)5-4-8-14-12;1-9(2)10-5-3-7-12-11(10)6-4-8-13-12/h4-9H,1-3H3;3-9H,1-2H3. The molecule has 0 aliphatic heterocycles. The number of fused-ring (bicyclic) bond motifs is 2. The van der Waals surface area contributed by atoms with Crippen molar-refractivity contribution < 1.29 is 0 Å². The Balaban J connectivity index is 0.000000156. The molecule has 0 bridgehead atoms. The fourth-order valence-electron chi connectivity index (χ4n) is 3.17. The van der Waals surface area contributed by atoms with Gasteiger partial charge in [-0.25, -0.2) is 0 Å². The molecule has 4 rings (SSSR count). The van der Waals surface area contributed by atoms with Gasteiger partial charge in [-0.3, -0.25) is 9.97 Å². The predicted molar refractivity (Wildman–Crippen MR) is 116 cm³/mol. The van der Waals surface area contributed by atoms with Crippen LogP contribution in [0.1, 0.15) is 51.7 Å². The molecular weight excluding hydrogens is 328 g/mol. The number of rotatable bonds is 1. The van der Waals surface area contributed by atoms with Crippen LogP contribution in [0, 0.1) is 0 Å². The third-order valence-electron chi connectivity index (χ3n) is 4.77. The Labute approximate surface area is 162 Å². The summed E-state index contributed by atoms with van der Waals surface area (Å²) in [6.45, 7) is 11.1. The van der Waals surface area contributed by atoms with Crippen molar-refractivity contribution in [1.82, 2.24) is 9.97 Å². The van der Waals surface area contributed by atoms with Crippen LogP contribution in [0.25, 0.3) is 21.8 Å². The molecule has 0 aliphatic rings. The van der Waals surface area contributed by atoms with E-state index >= 15 is 0 Å². The minimum Gasteiger partial charge on any atom is -0.256 e. The smallest absolute Gasteiger partial charge is 0.0704 e. The van der Waals surface area contributed by atoms with Gasteiger partial charge in [0.2, 0.25) is 0 Å². The van der Waals surface area contributed by atoms with Crippen molar-refractivity contribution in [3.8, 4) is 0 Å². The molecule has 138 valence electrons. The Morgan fingerprint density at radius 2 is 1.44 bits per heavy atom. The van der Waals surface area contributed by atoms with Gasteiger partial charge in [0.05, 0.1) is 11.0 Å². The predicted octanol–water partition coefficient (Wildman–Crippen LogP) is 6.89. The summed E-state index contributed by atoms with van der Waals surface area (Å²) in [6, 6.07) is 21.0. The summed E-state index contributed by atoms with van der Waals surface area (Å²) in [5.41, 5.74) is 5.11. The van der Waals surface area contributed by atoms with Gasteiger partial charge < -0.3 is 0 Å². The second kappa shape index (κ2) is 7.87. The molecule has 0 unspecified atom stereocenters. The van der Waals surface area contributed by atoms with E-state index in [9.17, 15) is 0 Å². The first-order valence-electron chi connectivity index (χ1n) is 9.55. The molecule has 0 spiro atoms. The van der Waals surface area contributed by atoms with E-state index in [1.54, 1.807) is 0 Å². The maximum Gasteiger partial charge on any atom is 0.0704 e. The largest absolute Gasteiger partial charge is 0.256 e. The van der Waals surface area contributed by atoms with Crippen LogP contribution in [0.15, 0.2) is 73.1 Å². The molecule has 2 nitrogen and oxygen atoms in total. The molecule has 2 heterocycles. The van der Waals surface area contributed by atoms with Gasteiger partial charge in [0, 0.05) is 23.2 Å². The third kappa shape index (κ3) is 4.51. The van der Waals surface area contributed by atoms with E-state index in [-0.39, 0.29) is 5.41 Å². The van der Waals surface area contributed by atoms with E-state index < -0.39 is 0 Å². The monoisotopic (exact) mass is 356 g/mol. The lowest BCUT2D eigenvalue weighted by Crippen LogP contribution is -2.10. The van der Waals surface area contributed by atoms with E-state index in [0.29, 0.717) is 5.92 Å². The maximum atomic E-state index is 4.32. The molecule has 27 heavy (non-hydrogen) atoms. The SMILES string of the molecule is CC(C)(C)c1ccc2ncccc2c1.CC(C)c1cccc2ncccc12. The zero-order valence-electron chi connectivity index (χ0n) is 16.9. The Morgan fingerprint density at radius 1 is 0.741 bits per heavy atom. The highest BCUT2D eigenvalue weighted by atomic mass is 14.6. The molecule has 0 atom stereocenters. The van der Waals surface area contributed by atoms with Crippen molar-refractivity contribution in [2.45, 2.75) is 46.0 Å². The quantitative estimate of drug-likeness (QED) is 0.371. The van der Waals surface area contributed by atoms with Gasteiger partial charge in [0.1, 0.15) is 0 Å². The van der Waals surface area contributed by atoms with E-state index in [1.165, 1.54) is 21.9 Å². The van der Waals surface area contributed by atoms with Crippen LogP contribution < -0.4 is 0 Å². The highest BCUT2D eigenvalue weighted by Crippen LogP contribution is 2.25. The molecule has 2 heteroatoms. The normalized spacial score (nSPS) is 11.5. The van der Waals surface area contributed by atoms with Gasteiger partial charge in [-0.2, -0.15) is 0 Å². The lowest BCUT2D eigenvalue weighted by Gasteiger charge is -2.19. The van der Waals surface area contributed by atoms with Crippen LogP contribution in [0.2, 0.25) is 0 Å². The topological polar surface area (TPSA) is 25.8 Å². The fourth-order valence-corrected chi connectivity index (χ4v) is 3.17. The van der Waals surface area contributed by atoms with Crippen LogP contribution in [-0.4, -0.2) is 9.97 Å². The molecule has 0 N–H and O–H groups in total. The molecule has 2 aromatic heterocycles. The molecule has 0 radical (unpaired) electrons. The van der Waals surface area contributed by atoms with Crippen molar-refractivity contribution in [2.24, 2.45) is 0 Å². The lowest BCUT2D eigenvalue weighted by atomic mass is 9.86. The molecule has 0 amide bonds.